The van der Waals surface area contributed by atoms with Crippen LogP contribution in [0.5, 0.6) is 5.75 Å². The number of halogens is 1. The molecule has 20 heavy (non-hydrogen) atoms. The molecular weight excluding hydrogens is 274 g/mol. The molecule has 0 aromatic heterocycles. The van der Waals surface area contributed by atoms with Crippen LogP contribution in [0.3, 0.4) is 0 Å². The van der Waals surface area contributed by atoms with Gasteiger partial charge in [0.15, 0.2) is 0 Å². The zero-order chi connectivity index (χ0) is 14.2. The predicted octanol–water partition coefficient (Wildman–Crippen LogP) is 3.84. The molecule has 0 bridgehead atoms. The van der Waals surface area contributed by atoms with Crippen LogP contribution in [-0.2, 0) is 4.74 Å². The van der Waals surface area contributed by atoms with Crippen molar-refractivity contribution in [3.8, 4) is 5.75 Å². The fourth-order valence-electron chi connectivity index (χ4n) is 3.08. The second-order valence-electron chi connectivity index (χ2n) is 6.10. The molecule has 2 aliphatic rings. The summed E-state index contributed by atoms with van der Waals surface area (Å²) in [5, 5.41) is 0.647. The first-order chi connectivity index (χ1) is 9.58. The molecule has 1 saturated heterocycles. The van der Waals surface area contributed by atoms with Gasteiger partial charge in [-0.3, -0.25) is 0 Å². The van der Waals surface area contributed by atoms with Gasteiger partial charge >= 0.3 is 0 Å². The van der Waals surface area contributed by atoms with Gasteiger partial charge < -0.3 is 15.2 Å². The number of rotatable bonds is 3. The number of hydrogen-bond donors (Lipinski definition) is 1. The lowest BCUT2D eigenvalue weighted by Crippen LogP contribution is -2.48. The standard InChI is InChI=1S/C16H22ClNO2/c1-11(18)12-3-4-15(14(17)9-12)20-13-5-8-19-16(10-13)6-2-7-16/h3-4,9,11,13H,2,5-8,10,18H2,1H3/t11-,13?/m1/s1. The van der Waals surface area contributed by atoms with Crippen molar-refractivity contribution in [2.24, 2.45) is 5.73 Å². The van der Waals surface area contributed by atoms with E-state index in [2.05, 4.69) is 0 Å². The molecule has 0 radical (unpaired) electrons. The van der Waals surface area contributed by atoms with E-state index in [1.165, 1.54) is 19.3 Å². The van der Waals surface area contributed by atoms with E-state index in [1.54, 1.807) is 0 Å². The summed E-state index contributed by atoms with van der Waals surface area (Å²) in [5.74, 6) is 0.762. The fraction of sp³-hybridized carbons (Fsp3) is 0.625. The van der Waals surface area contributed by atoms with Gasteiger partial charge in [-0.1, -0.05) is 17.7 Å². The van der Waals surface area contributed by atoms with Gasteiger partial charge in [-0.25, -0.2) is 0 Å². The average molecular weight is 296 g/mol. The lowest BCUT2D eigenvalue weighted by Gasteiger charge is -2.46. The SMILES string of the molecule is C[C@@H](N)c1ccc(OC2CCOC3(CCC3)C2)c(Cl)c1. The summed E-state index contributed by atoms with van der Waals surface area (Å²) in [6.07, 6.45) is 5.75. The minimum absolute atomic E-state index is 0.0112. The Kier molecular flexibility index (Phi) is 3.93. The zero-order valence-corrected chi connectivity index (χ0v) is 12.7. The number of benzene rings is 1. The molecule has 2 atom stereocenters. The van der Waals surface area contributed by atoms with Crippen LogP contribution in [0.1, 0.15) is 50.6 Å². The molecule has 3 rings (SSSR count). The van der Waals surface area contributed by atoms with Crippen molar-refractivity contribution in [3.63, 3.8) is 0 Å². The molecule has 3 nitrogen and oxygen atoms in total. The van der Waals surface area contributed by atoms with E-state index >= 15 is 0 Å². The van der Waals surface area contributed by atoms with Crippen LogP contribution in [0.2, 0.25) is 5.02 Å². The first kappa shape index (κ1) is 14.2. The molecule has 1 unspecified atom stereocenters. The summed E-state index contributed by atoms with van der Waals surface area (Å²) >= 11 is 6.30. The molecular formula is C16H22ClNO2. The lowest BCUT2D eigenvalue weighted by atomic mass is 9.74. The van der Waals surface area contributed by atoms with Crippen LogP contribution >= 0.6 is 11.6 Å². The highest BCUT2D eigenvalue weighted by Crippen LogP contribution is 2.43. The van der Waals surface area contributed by atoms with Crippen molar-refractivity contribution in [2.75, 3.05) is 6.61 Å². The molecule has 110 valence electrons. The quantitative estimate of drug-likeness (QED) is 0.921. The van der Waals surface area contributed by atoms with Crippen molar-refractivity contribution < 1.29 is 9.47 Å². The molecule has 1 aromatic carbocycles. The van der Waals surface area contributed by atoms with E-state index in [9.17, 15) is 0 Å². The van der Waals surface area contributed by atoms with Crippen molar-refractivity contribution in [1.29, 1.82) is 0 Å². The Balaban J connectivity index is 1.68. The Morgan fingerprint density at radius 3 is 2.85 bits per heavy atom. The summed E-state index contributed by atoms with van der Waals surface area (Å²) in [5.41, 5.74) is 6.99. The van der Waals surface area contributed by atoms with E-state index in [1.807, 2.05) is 25.1 Å². The van der Waals surface area contributed by atoms with Crippen molar-refractivity contribution >= 4 is 11.6 Å². The van der Waals surface area contributed by atoms with Crippen molar-refractivity contribution in [3.05, 3.63) is 28.8 Å². The Hall–Kier alpha value is -0.770. The number of nitrogens with two attached hydrogens (primary N) is 1. The Morgan fingerprint density at radius 1 is 1.45 bits per heavy atom. The summed E-state index contributed by atoms with van der Waals surface area (Å²) in [6.45, 7) is 2.74. The van der Waals surface area contributed by atoms with Gasteiger partial charge in [0.1, 0.15) is 11.9 Å². The zero-order valence-electron chi connectivity index (χ0n) is 11.9. The first-order valence-corrected chi connectivity index (χ1v) is 7.81. The van der Waals surface area contributed by atoms with Crippen LogP contribution in [-0.4, -0.2) is 18.3 Å². The molecule has 1 aromatic rings. The summed E-state index contributed by atoms with van der Waals surface area (Å²) in [4.78, 5) is 0. The van der Waals surface area contributed by atoms with E-state index in [4.69, 9.17) is 26.8 Å². The third kappa shape index (κ3) is 2.80. The van der Waals surface area contributed by atoms with Crippen molar-refractivity contribution in [1.82, 2.24) is 0 Å². The van der Waals surface area contributed by atoms with Gasteiger partial charge in [-0.05, 0) is 43.9 Å². The molecule has 2 fully saturated rings. The largest absolute Gasteiger partial charge is 0.489 e. The van der Waals surface area contributed by atoms with Crippen LogP contribution in [0, 0.1) is 0 Å². The van der Waals surface area contributed by atoms with Gasteiger partial charge in [0, 0.05) is 18.9 Å². The van der Waals surface area contributed by atoms with Gasteiger partial charge in [0.25, 0.3) is 0 Å². The molecule has 1 spiro atoms. The molecule has 1 heterocycles. The summed E-state index contributed by atoms with van der Waals surface area (Å²) in [6, 6.07) is 5.82. The maximum absolute atomic E-state index is 6.30. The average Bonchev–Trinajstić information content (AvgIpc) is 2.39. The monoisotopic (exact) mass is 295 g/mol. The molecule has 1 saturated carbocycles. The third-order valence-electron chi connectivity index (χ3n) is 4.49. The second-order valence-corrected chi connectivity index (χ2v) is 6.50. The predicted molar refractivity (Wildman–Crippen MR) is 80.2 cm³/mol. The second kappa shape index (κ2) is 5.55. The van der Waals surface area contributed by atoms with Crippen molar-refractivity contribution in [2.45, 2.75) is 56.8 Å². The van der Waals surface area contributed by atoms with Gasteiger partial charge in [0.2, 0.25) is 0 Å². The van der Waals surface area contributed by atoms with Gasteiger partial charge in [0.05, 0.1) is 17.2 Å². The summed E-state index contributed by atoms with van der Waals surface area (Å²) < 4.78 is 12.0. The molecule has 2 N–H and O–H groups in total. The van der Waals surface area contributed by atoms with Crippen LogP contribution in [0.4, 0.5) is 0 Å². The molecule has 0 amide bonds. The topological polar surface area (TPSA) is 44.5 Å². The van der Waals surface area contributed by atoms with Crippen LogP contribution in [0.15, 0.2) is 18.2 Å². The molecule has 1 aliphatic heterocycles. The number of ether oxygens (including phenoxy) is 2. The Bertz CT molecular complexity index is 485. The maximum Gasteiger partial charge on any atom is 0.138 e. The summed E-state index contributed by atoms with van der Waals surface area (Å²) in [7, 11) is 0. The van der Waals surface area contributed by atoms with Crippen LogP contribution < -0.4 is 10.5 Å². The van der Waals surface area contributed by atoms with E-state index in [0.717, 1.165) is 30.8 Å². The smallest absolute Gasteiger partial charge is 0.138 e. The fourth-order valence-corrected chi connectivity index (χ4v) is 3.31. The number of hydrogen-bond acceptors (Lipinski definition) is 3. The Morgan fingerprint density at radius 2 is 2.25 bits per heavy atom. The highest BCUT2D eigenvalue weighted by atomic mass is 35.5. The minimum atomic E-state index is -0.0112. The minimum Gasteiger partial charge on any atom is -0.489 e. The lowest BCUT2D eigenvalue weighted by molar-refractivity contribution is -0.153. The third-order valence-corrected chi connectivity index (χ3v) is 4.78. The highest BCUT2D eigenvalue weighted by molar-refractivity contribution is 6.32. The Labute approximate surface area is 125 Å². The maximum atomic E-state index is 6.30. The van der Waals surface area contributed by atoms with E-state index < -0.39 is 0 Å². The van der Waals surface area contributed by atoms with Gasteiger partial charge in [-0.15, -0.1) is 0 Å². The van der Waals surface area contributed by atoms with E-state index in [-0.39, 0.29) is 17.7 Å². The normalized spacial score (nSPS) is 26.1. The van der Waals surface area contributed by atoms with E-state index in [0.29, 0.717) is 5.02 Å². The van der Waals surface area contributed by atoms with Gasteiger partial charge in [-0.2, -0.15) is 0 Å². The highest BCUT2D eigenvalue weighted by Gasteiger charge is 2.43. The molecule has 4 heteroatoms. The first-order valence-electron chi connectivity index (χ1n) is 7.44. The van der Waals surface area contributed by atoms with Crippen LogP contribution in [0.25, 0.3) is 0 Å². The molecule has 1 aliphatic carbocycles.